The lowest BCUT2D eigenvalue weighted by atomic mass is 9.89. The van der Waals surface area contributed by atoms with Crippen LogP contribution in [0.25, 0.3) is 16.8 Å². The number of halogens is 1. The summed E-state index contributed by atoms with van der Waals surface area (Å²) < 4.78 is 2.05. The summed E-state index contributed by atoms with van der Waals surface area (Å²) in [5.74, 6) is 0. The zero-order valence-electron chi connectivity index (χ0n) is 17.2. The first kappa shape index (κ1) is 19.3. The lowest BCUT2D eigenvalue weighted by Crippen LogP contribution is -2.27. The number of nitrogens with one attached hydrogen (secondary N) is 2. The third kappa shape index (κ3) is 3.75. The van der Waals surface area contributed by atoms with Crippen molar-refractivity contribution >= 4 is 22.9 Å². The normalized spacial score (nSPS) is 18.6. The Morgan fingerprint density at radius 3 is 2.93 bits per heavy atom. The van der Waals surface area contributed by atoms with Crippen molar-refractivity contribution in [1.29, 1.82) is 0 Å². The minimum Gasteiger partial charge on any atom is -0.381 e. The number of hydrogen-bond donors (Lipinski definition) is 2. The molecule has 1 atom stereocenters. The van der Waals surface area contributed by atoms with E-state index in [2.05, 4.69) is 49.9 Å². The molecule has 154 valence electrons. The van der Waals surface area contributed by atoms with E-state index in [9.17, 15) is 0 Å². The van der Waals surface area contributed by atoms with E-state index in [4.69, 9.17) is 11.6 Å². The minimum absolute atomic E-state index is 0.263. The van der Waals surface area contributed by atoms with Crippen LogP contribution in [0.2, 0.25) is 5.02 Å². The van der Waals surface area contributed by atoms with Gasteiger partial charge in [0.2, 0.25) is 0 Å². The Kier molecular flexibility index (Phi) is 5.32. The predicted molar refractivity (Wildman–Crippen MR) is 123 cm³/mol. The van der Waals surface area contributed by atoms with Gasteiger partial charge in [-0.3, -0.25) is 0 Å². The van der Waals surface area contributed by atoms with Gasteiger partial charge >= 0.3 is 0 Å². The van der Waals surface area contributed by atoms with Gasteiger partial charge in [-0.2, -0.15) is 0 Å². The van der Waals surface area contributed by atoms with Gasteiger partial charge < -0.3 is 10.6 Å². The number of nitrogens with zero attached hydrogens (tertiary/aromatic N) is 3. The second kappa shape index (κ2) is 8.25. The minimum atomic E-state index is 0.263. The summed E-state index contributed by atoms with van der Waals surface area (Å²) in [6.07, 6.45) is 5.27. The van der Waals surface area contributed by atoms with Crippen LogP contribution in [0, 0.1) is 6.92 Å². The molecular formula is C24H26ClN5. The van der Waals surface area contributed by atoms with E-state index in [1.807, 2.05) is 31.2 Å². The van der Waals surface area contributed by atoms with E-state index in [0.29, 0.717) is 0 Å². The highest BCUT2D eigenvalue weighted by molar-refractivity contribution is 6.33. The van der Waals surface area contributed by atoms with Crippen LogP contribution in [0.5, 0.6) is 0 Å². The molecule has 6 heteroatoms. The van der Waals surface area contributed by atoms with Crippen molar-refractivity contribution < 1.29 is 0 Å². The lowest BCUT2D eigenvalue weighted by Gasteiger charge is -2.26. The first-order chi connectivity index (χ1) is 14.7. The van der Waals surface area contributed by atoms with Crippen LogP contribution in [-0.2, 0) is 13.0 Å². The fraction of sp³-hybridized carbons (Fsp3) is 0.333. The van der Waals surface area contributed by atoms with Gasteiger partial charge in [-0.1, -0.05) is 53.2 Å². The summed E-state index contributed by atoms with van der Waals surface area (Å²) in [6, 6.07) is 15.1. The molecule has 30 heavy (non-hydrogen) atoms. The topological polar surface area (TPSA) is 54.8 Å². The molecular weight excluding hydrogens is 394 g/mol. The molecule has 1 aromatic heterocycles. The van der Waals surface area contributed by atoms with Crippen LogP contribution in [0.3, 0.4) is 0 Å². The van der Waals surface area contributed by atoms with Crippen LogP contribution in [0.4, 0.5) is 5.69 Å². The molecule has 3 heterocycles. The third-order valence-electron chi connectivity index (χ3n) is 6.09. The first-order valence-electron chi connectivity index (χ1n) is 10.6. The largest absolute Gasteiger partial charge is 0.381 e. The molecule has 1 unspecified atom stereocenters. The Morgan fingerprint density at radius 2 is 2.10 bits per heavy atom. The van der Waals surface area contributed by atoms with E-state index in [-0.39, 0.29) is 6.04 Å². The predicted octanol–water partition coefficient (Wildman–Crippen LogP) is 4.71. The van der Waals surface area contributed by atoms with E-state index < -0.39 is 0 Å². The Bertz CT molecular complexity index is 1100. The highest BCUT2D eigenvalue weighted by atomic mass is 35.5. The zero-order valence-corrected chi connectivity index (χ0v) is 17.9. The van der Waals surface area contributed by atoms with Gasteiger partial charge in [-0.05, 0) is 61.6 Å². The van der Waals surface area contributed by atoms with E-state index in [0.717, 1.165) is 61.0 Å². The Morgan fingerprint density at radius 1 is 1.20 bits per heavy atom. The Hall–Kier alpha value is -2.63. The van der Waals surface area contributed by atoms with Gasteiger partial charge in [0.05, 0.1) is 22.1 Å². The number of fused-ring (bicyclic) bond motifs is 3. The highest BCUT2D eigenvalue weighted by Gasteiger charge is 2.23. The first-order valence-corrected chi connectivity index (χ1v) is 11.0. The molecule has 2 aliphatic rings. The molecule has 0 radical (unpaired) electrons. The van der Waals surface area contributed by atoms with E-state index in [1.54, 1.807) is 0 Å². The maximum Gasteiger partial charge on any atom is 0.0917 e. The van der Waals surface area contributed by atoms with Crippen LogP contribution >= 0.6 is 11.6 Å². The van der Waals surface area contributed by atoms with Crippen molar-refractivity contribution in [2.24, 2.45) is 0 Å². The molecule has 0 fully saturated rings. The Balaban J connectivity index is 1.55. The molecule has 0 saturated heterocycles. The van der Waals surface area contributed by atoms with Crippen molar-refractivity contribution in [2.45, 2.75) is 38.8 Å². The maximum atomic E-state index is 6.42. The SMILES string of the molecule is Cc1nnn2c1-c1ccc(C3=CCNCC3)cc1CC(Nc1ccccc1Cl)CC2. The fourth-order valence-electron chi connectivity index (χ4n) is 4.54. The molecule has 0 spiro atoms. The van der Waals surface area contributed by atoms with Gasteiger partial charge in [0.1, 0.15) is 0 Å². The van der Waals surface area contributed by atoms with Crippen LogP contribution in [-0.4, -0.2) is 34.1 Å². The van der Waals surface area contributed by atoms with Crippen LogP contribution in [0.1, 0.15) is 29.7 Å². The standard InChI is InChI=1S/C24H26ClN5/c1-16-24-21-7-6-18(17-8-11-26-12-9-17)14-19(21)15-20(10-13-30(24)29-28-16)27-23-5-3-2-4-22(23)25/h2-8,14,20,26-27H,9-13,15H2,1H3. The maximum absolute atomic E-state index is 6.42. The smallest absolute Gasteiger partial charge is 0.0917 e. The molecule has 5 rings (SSSR count). The summed E-state index contributed by atoms with van der Waals surface area (Å²) in [5.41, 5.74) is 8.44. The van der Waals surface area contributed by atoms with Crippen LogP contribution < -0.4 is 10.6 Å². The molecule has 0 bridgehead atoms. The number of anilines is 1. The third-order valence-corrected chi connectivity index (χ3v) is 6.42. The Labute approximate surface area is 182 Å². The van der Waals surface area contributed by atoms with Crippen molar-refractivity contribution in [3.63, 3.8) is 0 Å². The van der Waals surface area contributed by atoms with Gasteiger partial charge in [0.25, 0.3) is 0 Å². The molecule has 0 aliphatic carbocycles. The number of aromatic nitrogens is 3. The number of aryl methyl sites for hydroxylation is 2. The molecule has 0 amide bonds. The second-order valence-corrected chi connectivity index (χ2v) is 8.52. The van der Waals surface area contributed by atoms with Crippen LogP contribution in [0.15, 0.2) is 48.5 Å². The van der Waals surface area contributed by atoms with E-state index >= 15 is 0 Å². The highest BCUT2D eigenvalue weighted by Crippen LogP contribution is 2.34. The van der Waals surface area contributed by atoms with Crippen molar-refractivity contribution in [3.8, 4) is 11.3 Å². The van der Waals surface area contributed by atoms with Crippen molar-refractivity contribution in [3.05, 3.63) is 70.4 Å². The van der Waals surface area contributed by atoms with Gasteiger partial charge in [0.15, 0.2) is 0 Å². The molecule has 0 saturated carbocycles. The molecule has 3 aromatic rings. The van der Waals surface area contributed by atoms with Gasteiger partial charge in [0, 0.05) is 24.7 Å². The van der Waals surface area contributed by atoms with Gasteiger partial charge in [-0.15, -0.1) is 5.10 Å². The number of para-hydroxylation sites is 1. The van der Waals surface area contributed by atoms with Crippen molar-refractivity contribution in [2.75, 3.05) is 18.4 Å². The summed E-state index contributed by atoms with van der Waals surface area (Å²) in [4.78, 5) is 0. The van der Waals surface area contributed by atoms with Gasteiger partial charge in [-0.25, -0.2) is 4.68 Å². The molecule has 2 aromatic carbocycles. The lowest BCUT2D eigenvalue weighted by molar-refractivity contribution is 0.511. The summed E-state index contributed by atoms with van der Waals surface area (Å²) in [5, 5.41) is 16.6. The fourth-order valence-corrected chi connectivity index (χ4v) is 4.73. The summed E-state index contributed by atoms with van der Waals surface area (Å²) in [7, 11) is 0. The quantitative estimate of drug-likeness (QED) is 0.645. The number of rotatable bonds is 3. The average molecular weight is 420 g/mol. The summed E-state index contributed by atoms with van der Waals surface area (Å²) >= 11 is 6.42. The number of hydrogen-bond acceptors (Lipinski definition) is 4. The monoisotopic (exact) mass is 419 g/mol. The second-order valence-electron chi connectivity index (χ2n) is 8.12. The average Bonchev–Trinajstić information content (AvgIpc) is 3.12. The molecule has 2 N–H and O–H groups in total. The van der Waals surface area contributed by atoms with Crippen molar-refractivity contribution in [1.82, 2.24) is 20.3 Å². The molecule has 2 aliphatic heterocycles. The van der Waals surface area contributed by atoms with E-state index in [1.165, 1.54) is 22.3 Å². The molecule has 5 nitrogen and oxygen atoms in total. The zero-order chi connectivity index (χ0) is 20.5. The number of benzene rings is 2. The summed E-state index contributed by atoms with van der Waals surface area (Å²) in [6.45, 7) is 4.86.